The molecule has 1 nitrogen and oxygen atoms in total. The molecule has 1 heteroatoms. The van der Waals surface area contributed by atoms with E-state index in [1.54, 1.807) is 0 Å². The van der Waals surface area contributed by atoms with Crippen molar-refractivity contribution < 1.29 is 5.11 Å². The number of hydrogen-bond acceptors (Lipinski definition) is 1. The summed E-state index contributed by atoms with van der Waals surface area (Å²) >= 11 is 0. The third kappa shape index (κ3) is 3.32. The van der Waals surface area contributed by atoms with E-state index in [1.807, 2.05) is 0 Å². The Hall–Kier alpha value is -0.820. The van der Waals surface area contributed by atoms with Crippen LogP contribution in [0.4, 0.5) is 0 Å². The Labute approximate surface area is 105 Å². The van der Waals surface area contributed by atoms with Crippen molar-refractivity contribution >= 4 is 0 Å². The molecule has 1 aromatic carbocycles. The van der Waals surface area contributed by atoms with Crippen LogP contribution in [0.1, 0.15) is 49.3 Å². The predicted octanol–water partition coefficient (Wildman–Crippen LogP) is 3.79. The zero-order valence-electron chi connectivity index (χ0n) is 11.3. The van der Waals surface area contributed by atoms with E-state index in [0.29, 0.717) is 5.92 Å². The summed E-state index contributed by atoms with van der Waals surface area (Å²) in [4.78, 5) is 0. The lowest BCUT2D eigenvalue weighted by Gasteiger charge is -2.35. The molecule has 0 saturated heterocycles. The fourth-order valence-electron chi connectivity index (χ4n) is 3.34. The van der Waals surface area contributed by atoms with Gasteiger partial charge in [0.05, 0.1) is 5.60 Å². The van der Waals surface area contributed by atoms with Gasteiger partial charge in [0, 0.05) is 6.42 Å². The molecule has 0 amide bonds. The molecule has 1 saturated carbocycles. The highest BCUT2D eigenvalue weighted by molar-refractivity contribution is 5.29. The van der Waals surface area contributed by atoms with Gasteiger partial charge in [-0.3, -0.25) is 0 Å². The predicted molar refractivity (Wildman–Crippen MR) is 72.2 cm³/mol. The molecular weight excluding hydrogens is 208 g/mol. The van der Waals surface area contributed by atoms with E-state index in [9.17, 15) is 5.11 Å². The van der Waals surface area contributed by atoms with Gasteiger partial charge in [-0.25, -0.2) is 0 Å². The highest BCUT2D eigenvalue weighted by Gasteiger charge is 2.32. The summed E-state index contributed by atoms with van der Waals surface area (Å²) < 4.78 is 0. The summed E-state index contributed by atoms with van der Waals surface area (Å²) in [5.74, 6) is 0.666. The second-order valence-corrected chi connectivity index (χ2v) is 6.10. The van der Waals surface area contributed by atoms with Crippen molar-refractivity contribution in [2.24, 2.45) is 5.92 Å². The van der Waals surface area contributed by atoms with Crippen molar-refractivity contribution in [1.29, 1.82) is 0 Å². The van der Waals surface area contributed by atoms with Crippen molar-refractivity contribution in [3.8, 4) is 0 Å². The molecule has 17 heavy (non-hydrogen) atoms. The van der Waals surface area contributed by atoms with E-state index in [4.69, 9.17) is 0 Å². The first-order chi connectivity index (χ1) is 7.97. The number of rotatable bonds is 2. The standard InChI is InChI=1S/C16H24O/c1-12-5-4-6-16(17,10-12)11-15-8-13(2)7-14(3)9-15/h7-9,12,17H,4-6,10-11H2,1-3H3. The van der Waals surface area contributed by atoms with E-state index in [-0.39, 0.29) is 0 Å². The van der Waals surface area contributed by atoms with E-state index >= 15 is 0 Å². The molecule has 0 aliphatic heterocycles. The van der Waals surface area contributed by atoms with Crippen LogP contribution in [-0.2, 0) is 6.42 Å². The number of aryl methyl sites for hydroxylation is 2. The van der Waals surface area contributed by atoms with Gasteiger partial charge >= 0.3 is 0 Å². The van der Waals surface area contributed by atoms with Crippen molar-refractivity contribution in [3.63, 3.8) is 0 Å². The molecule has 0 radical (unpaired) electrons. The van der Waals surface area contributed by atoms with Gasteiger partial charge in [-0.1, -0.05) is 49.1 Å². The molecule has 1 N–H and O–H groups in total. The fraction of sp³-hybridized carbons (Fsp3) is 0.625. The minimum absolute atomic E-state index is 0.460. The first-order valence-corrected chi connectivity index (χ1v) is 6.76. The third-order valence-corrected chi connectivity index (χ3v) is 3.88. The van der Waals surface area contributed by atoms with Crippen LogP contribution in [0.5, 0.6) is 0 Å². The molecule has 0 heterocycles. The molecule has 1 aliphatic rings. The lowest BCUT2D eigenvalue weighted by molar-refractivity contribution is -0.0123. The maximum absolute atomic E-state index is 10.7. The van der Waals surface area contributed by atoms with E-state index < -0.39 is 5.60 Å². The highest BCUT2D eigenvalue weighted by Crippen LogP contribution is 2.34. The molecule has 94 valence electrons. The van der Waals surface area contributed by atoms with Crippen LogP contribution in [0.25, 0.3) is 0 Å². The first-order valence-electron chi connectivity index (χ1n) is 6.76. The zero-order valence-corrected chi connectivity index (χ0v) is 11.3. The molecule has 2 unspecified atom stereocenters. The van der Waals surface area contributed by atoms with Crippen molar-refractivity contribution in [2.75, 3.05) is 0 Å². The summed E-state index contributed by atoms with van der Waals surface area (Å²) in [5.41, 5.74) is 3.43. The van der Waals surface area contributed by atoms with Gasteiger partial charge in [0.25, 0.3) is 0 Å². The first kappa shape index (κ1) is 12.6. The molecule has 2 atom stereocenters. The topological polar surface area (TPSA) is 20.2 Å². The quantitative estimate of drug-likeness (QED) is 0.822. The van der Waals surface area contributed by atoms with Gasteiger partial charge in [-0.15, -0.1) is 0 Å². The van der Waals surface area contributed by atoms with Gasteiger partial charge < -0.3 is 5.11 Å². The molecule has 1 aromatic rings. The SMILES string of the molecule is Cc1cc(C)cc(CC2(O)CCCC(C)C2)c1. The zero-order chi connectivity index (χ0) is 12.5. The van der Waals surface area contributed by atoms with Crippen molar-refractivity contribution in [2.45, 2.75) is 58.5 Å². The molecule has 2 rings (SSSR count). The van der Waals surface area contributed by atoms with Gasteiger partial charge in [0.2, 0.25) is 0 Å². The summed E-state index contributed by atoms with van der Waals surface area (Å²) in [6.45, 7) is 6.51. The Morgan fingerprint density at radius 2 is 1.88 bits per heavy atom. The normalized spacial score (nSPS) is 29.3. The highest BCUT2D eigenvalue weighted by atomic mass is 16.3. The average Bonchev–Trinajstić information content (AvgIpc) is 2.13. The minimum atomic E-state index is -0.460. The monoisotopic (exact) mass is 232 g/mol. The summed E-state index contributed by atoms with van der Waals surface area (Å²) in [7, 11) is 0. The molecule has 0 spiro atoms. The second kappa shape index (κ2) is 4.81. The summed E-state index contributed by atoms with van der Waals surface area (Å²) in [6.07, 6.45) is 5.18. The second-order valence-electron chi connectivity index (χ2n) is 6.10. The van der Waals surface area contributed by atoms with Crippen LogP contribution in [0.15, 0.2) is 18.2 Å². The van der Waals surface area contributed by atoms with E-state index in [2.05, 4.69) is 39.0 Å². The van der Waals surface area contributed by atoms with Crippen molar-refractivity contribution in [3.05, 3.63) is 34.9 Å². The third-order valence-electron chi connectivity index (χ3n) is 3.88. The minimum Gasteiger partial charge on any atom is -0.390 e. The molecule has 0 aromatic heterocycles. The molecule has 1 fully saturated rings. The Morgan fingerprint density at radius 1 is 1.24 bits per heavy atom. The number of hydrogen-bond donors (Lipinski definition) is 1. The number of aliphatic hydroxyl groups is 1. The Balaban J connectivity index is 2.13. The van der Waals surface area contributed by atoms with Gasteiger partial charge in [-0.2, -0.15) is 0 Å². The largest absolute Gasteiger partial charge is 0.390 e. The van der Waals surface area contributed by atoms with Crippen LogP contribution < -0.4 is 0 Å². The maximum atomic E-state index is 10.7. The lowest BCUT2D eigenvalue weighted by Crippen LogP contribution is -2.36. The van der Waals surface area contributed by atoms with Crippen LogP contribution in [0.2, 0.25) is 0 Å². The van der Waals surface area contributed by atoms with Crippen molar-refractivity contribution in [1.82, 2.24) is 0 Å². The lowest BCUT2D eigenvalue weighted by atomic mass is 9.75. The van der Waals surface area contributed by atoms with Crippen LogP contribution >= 0.6 is 0 Å². The van der Waals surface area contributed by atoms with Crippen LogP contribution in [0, 0.1) is 19.8 Å². The summed E-state index contributed by atoms with van der Waals surface area (Å²) in [6, 6.07) is 6.62. The molecule has 1 aliphatic carbocycles. The average molecular weight is 232 g/mol. The summed E-state index contributed by atoms with van der Waals surface area (Å²) in [5, 5.41) is 10.7. The van der Waals surface area contributed by atoms with Gasteiger partial charge in [0.15, 0.2) is 0 Å². The van der Waals surface area contributed by atoms with E-state index in [0.717, 1.165) is 19.3 Å². The van der Waals surface area contributed by atoms with Gasteiger partial charge in [-0.05, 0) is 38.2 Å². The number of benzene rings is 1. The Kier molecular flexibility index (Phi) is 3.58. The Bertz CT molecular complexity index is 376. The molecular formula is C16H24O. The molecule has 0 bridgehead atoms. The van der Waals surface area contributed by atoms with Crippen LogP contribution in [0.3, 0.4) is 0 Å². The smallest absolute Gasteiger partial charge is 0.0690 e. The van der Waals surface area contributed by atoms with Crippen LogP contribution in [-0.4, -0.2) is 10.7 Å². The van der Waals surface area contributed by atoms with E-state index in [1.165, 1.54) is 29.5 Å². The maximum Gasteiger partial charge on any atom is 0.0690 e. The Morgan fingerprint density at radius 3 is 2.47 bits per heavy atom. The van der Waals surface area contributed by atoms with Gasteiger partial charge in [0.1, 0.15) is 0 Å². The fourth-order valence-corrected chi connectivity index (χ4v) is 3.34.